The molecule has 0 saturated carbocycles. The van der Waals surface area contributed by atoms with Crippen LogP contribution in [0.2, 0.25) is 0 Å². The van der Waals surface area contributed by atoms with E-state index in [1.165, 1.54) is 0 Å². The van der Waals surface area contributed by atoms with Crippen LogP contribution in [0, 0.1) is 0 Å². The predicted molar refractivity (Wildman–Crippen MR) is 143 cm³/mol. The molecule has 0 bridgehead atoms. The van der Waals surface area contributed by atoms with Crippen molar-refractivity contribution in [3.63, 3.8) is 0 Å². The lowest BCUT2D eigenvalue weighted by atomic mass is 10.2. The second-order valence-electron chi connectivity index (χ2n) is 8.65. The minimum atomic E-state index is -3.99. The Balaban J connectivity index is 6.27. The van der Waals surface area contributed by atoms with E-state index in [0.717, 1.165) is 0 Å². The van der Waals surface area contributed by atoms with E-state index >= 15 is 0 Å². The second-order valence-corrected chi connectivity index (χ2v) is 16.2. The summed E-state index contributed by atoms with van der Waals surface area (Å²) >= 11 is 0. The molecule has 0 aromatic rings. The third-order valence-corrected chi connectivity index (χ3v) is 13.5. The van der Waals surface area contributed by atoms with Gasteiger partial charge in [-0.25, -0.2) is 0 Å². The molecule has 0 heterocycles. The maximum Gasteiger partial charge on any atom is 0.348 e. The highest BCUT2D eigenvalue weighted by Gasteiger charge is 2.61. The van der Waals surface area contributed by atoms with Crippen LogP contribution in [0.3, 0.4) is 0 Å². The van der Waals surface area contributed by atoms with E-state index in [9.17, 15) is 13.7 Å². The van der Waals surface area contributed by atoms with Gasteiger partial charge >= 0.3 is 22.8 Å². The van der Waals surface area contributed by atoms with Crippen molar-refractivity contribution < 1.29 is 40.8 Å². The fraction of sp³-hybridized carbons (Fsp3) is 1.00. The van der Waals surface area contributed by atoms with E-state index in [0.29, 0.717) is 51.7 Å². The zero-order valence-corrected chi connectivity index (χ0v) is 25.8. The zero-order chi connectivity index (χ0) is 26.8. The van der Waals surface area contributed by atoms with Crippen molar-refractivity contribution in [3.05, 3.63) is 0 Å². The summed E-state index contributed by atoms with van der Waals surface area (Å²) in [5, 5.41) is 0. The first-order valence-corrected chi connectivity index (χ1v) is 18.0. The van der Waals surface area contributed by atoms with Gasteiger partial charge in [0.1, 0.15) is 0 Å². The average molecular weight is 565 g/mol. The zero-order valence-electron chi connectivity index (χ0n) is 23.1. The molecule has 0 fully saturated rings. The lowest BCUT2D eigenvalue weighted by Crippen LogP contribution is -2.31. The second kappa shape index (κ2) is 18.7. The quantitative estimate of drug-likeness (QED) is 0.106. The third kappa shape index (κ3) is 11.4. The summed E-state index contributed by atoms with van der Waals surface area (Å²) in [6.45, 7) is 14.4. The topological polar surface area (TPSA) is 107 Å². The maximum absolute atomic E-state index is 14.3. The number of hydrogen-bond acceptors (Lipinski definition) is 9. The van der Waals surface area contributed by atoms with Crippen molar-refractivity contribution in [2.75, 3.05) is 45.8 Å². The van der Waals surface area contributed by atoms with Crippen molar-refractivity contribution in [1.82, 2.24) is 0 Å². The minimum Gasteiger partial charge on any atom is -0.309 e. The van der Waals surface area contributed by atoms with E-state index in [1.807, 2.05) is 41.5 Å². The van der Waals surface area contributed by atoms with Crippen LogP contribution in [-0.2, 0) is 40.8 Å². The van der Waals surface area contributed by atoms with Crippen LogP contribution >= 0.6 is 22.8 Å². The first-order valence-electron chi connectivity index (χ1n) is 13.2. The van der Waals surface area contributed by atoms with Gasteiger partial charge in [0, 0.05) is 0 Å². The third-order valence-electron chi connectivity index (χ3n) is 5.11. The lowest BCUT2D eigenvalue weighted by Gasteiger charge is -2.40. The van der Waals surface area contributed by atoms with Crippen LogP contribution in [-0.4, -0.2) is 50.7 Å². The molecule has 0 radical (unpaired) electrons. The molecule has 0 unspecified atom stereocenters. The molecule has 12 heteroatoms. The van der Waals surface area contributed by atoms with Crippen molar-refractivity contribution in [2.24, 2.45) is 0 Å². The summed E-state index contributed by atoms with van der Waals surface area (Å²) in [6.07, 6.45) is 4.26. The molecular weight excluding hydrogens is 513 g/mol. The molecule has 0 N–H and O–H groups in total. The number of rotatable bonds is 24. The minimum absolute atomic E-state index is 0.0807. The van der Waals surface area contributed by atoms with E-state index in [1.54, 1.807) is 6.92 Å². The Morgan fingerprint density at radius 1 is 0.514 bits per heavy atom. The first-order chi connectivity index (χ1) is 16.6. The van der Waals surface area contributed by atoms with Crippen molar-refractivity contribution in [3.8, 4) is 0 Å². The Hall–Kier alpha value is 0.450. The fourth-order valence-corrected chi connectivity index (χ4v) is 10.6. The molecule has 0 aromatic carbocycles. The van der Waals surface area contributed by atoms with Gasteiger partial charge in [-0.15, -0.1) is 0 Å². The van der Waals surface area contributed by atoms with Crippen LogP contribution in [0.1, 0.15) is 99.8 Å². The van der Waals surface area contributed by atoms with Crippen molar-refractivity contribution >= 4 is 22.8 Å². The highest BCUT2D eigenvalue weighted by Crippen LogP contribution is 2.79. The molecule has 0 saturated heterocycles. The van der Waals surface area contributed by atoms with Gasteiger partial charge in [-0.1, -0.05) is 41.5 Å². The molecule has 0 atom stereocenters. The summed E-state index contributed by atoms with van der Waals surface area (Å²) < 4.78 is 76.5. The van der Waals surface area contributed by atoms with Gasteiger partial charge in [-0.3, -0.25) is 13.7 Å². The Bertz CT molecular complexity index is 617. The SMILES string of the molecule is CCCOP(=O)(CCCC(C)(P(=O)(OCCC)OCCC)P(=O)(OCCC)OCCC)OCCC. The highest BCUT2D eigenvalue weighted by atomic mass is 31.2. The van der Waals surface area contributed by atoms with E-state index < -0.39 is 27.7 Å². The average Bonchev–Trinajstić information content (AvgIpc) is 2.85. The fourth-order valence-electron chi connectivity index (χ4n) is 3.14. The standard InChI is InChI=1S/C23H51O9P3/c1-8-16-27-33(24,28-17-9-2)22-14-15-23(7,34(25,29-18-10-3)30-19-11-4)35(26,31-20-12-5)32-21-13-6/h8-22H2,1-7H3. The van der Waals surface area contributed by atoms with E-state index in [4.69, 9.17) is 27.1 Å². The van der Waals surface area contributed by atoms with Gasteiger partial charge in [0.2, 0.25) is 0 Å². The van der Waals surface area contributed by atoms with Crippen molar-refractivity contribution in [1.29, 1.82) is 0 Å². The molecule has 0 aromatic heterocycles. The molecule has 0 aliphatic carbocycles. The molecule has 0 rings (SSSR count). The molecule has 0 aliphatic heterocycles. The molecule has 9 nitrogen and oxygen atoms in total. The van der Waals surface area contributed by atoms with Crippen LogP contribution in [0.5, 0.6) is 0 Å². The Labute approximate surface area is 214 Å². The Morgan fingerprint density at radius 3 is 1.09 bits per heavy atom. The highest BCUT2D eigenvalue weighted by molar-refractivity contribution is 7.74. The molecular formula is C23H51O9P3. The maximum atomic E-state index is 14.3. The van der Waals surface area contributed by atoms with Gasteiger partial charge in [-0.2, -0.15) is 0 Å². The van der Waals surface area contributed by atoms with Gasteiger partial charge in [0.15, 0.2) is 4.90 Å². The first kappa shape index (κ1) is 35.5. The molecule has 212 valence electrons. The van der Waals surface area contributed by atoms with Gasteiger partial charge in [0.05, 0.1) is 45.8 Å². The summed E-state index contributed by atoms with van der Waals surface area (Å²) in [6, 6.07) is 0. The molecule has 0 amide bonds. The monoisotopic (exact) mass is 564 g/mol. The normalized spacial score (nSPS) is 13.5. The number of hydrogen-bond donors (Lipinski definition) is 0. The molecule has 0 aliphatic rings. The van der Waals surface area contributed by atoms with Crippen LogP contribution in [0.4, 0.5) is 0 Å². The predicted octanol–water partition coefficient (Wildman–Crippen LogP) is 8.62. The van der Waals surface area contributed by atoms with Crippen LogP contribution in [0.15, 0.2) is 0 Å². The summed E-state index contributed by atoms with van der Waals surface area (Å²) in [7, 11) is -11.3. The summed E-state index contributed by atoms with van der Waals surface area (Å²) in [5.41, 5.74) is 0. The van der Waals surface area contributed by atoms with E-state index in [2.05, 4.69) is 0 Å². The largest absolute Gasteiger partial charge is 0.348 e. The van der Waals surface area contributed by atoms with Gasteiger partial charge in [-0.05, 0) is 58.3 Å². The van der Waals surface area contributed by atoms with E-state index in [-0.39, 0.29) is 45.4 Å². The van der Waals surface area contributed by atoms with Crippen LogP contribution in [0.25, 0.3) is 0 Å². The summed E-state index contributed by atoms with van der Waals surface area (Å²) in [4.78, 5) is -1.59. The molecule has 35 heavy (non-hydrogen) atoms. The summed E-state index contributed by atoms with van der Waals surface area (Å²) in [5.74, 6) is 0. The smallest absolute Gasteiger partial charge is 0.309 e. The molecule has 0 spiro atoms. The van der Waals surface area contributed by atoms with Crippen molar-refractivity contribution in [2.45, 2.75) is 105 Å². The lowest BCUT2D eigenvalue weighted by molar-refractivity contribution is 0.163. The van der Waals surface area contributed by atoms with Gasteiger partial charge < -0.3 is 27.1 Å². The van der Waals surface area contributed by atoms with Crippen LogP contribution < -0.4 is 0 Å². The Morgan fingerprint density at radius 2 is 0.800 bits per heavy atom. The Kier molecular flexibility index (Phi) is 18.9. The van der Waals surface area contributed by atoms with Gasteiger partial charge in [0.25, 0.3) is 0 Å².